The summed E-state index contributed by atoms with van der Waals surface area (Å²) in [4.78, 5) is 0. The lowest BCUT2D eigenvalue weighted by atomic mass is 9.84. The molecule has 2 spiro atoms. The zero-order valence-corrected chi connectivity index (χ0v) is 12.6. The molecule has 21 heavy (non-hydrogen) atoms. The molecule has 5 nitrogen and oxygen atoms in total. The zero-order valence-electron chi connectivity index (χ0n) is 12.6. The molecule has 3 atom stereocenters. The van der Waals surface area contributed by atoms with Gasteiger partial charge in [0.15, 0.2) is 11.6 Å². The second-order valence-electron chi connectivity index (χ2n) is 6.87. The molecule has 5 heteroatoms. The summed E-state index contributed by atoms with van der Waals surface area (Å²) in [6.07, 6.45) is 6.02. The van der Waals surface area contributed by atoms with Gasteiger partial charge in [0.05, 0.1) is 26.4 Å². The van der Waals surface area contributed by atoms with Crippen LogP contribution < -0.4 is 0 Å². The molecule has 0 aromatic rings. The molecule has 2 saturated heterocycles. The second kappa shape index (κ2) is 5.46. The molecule has 2 aliphatic heterocycles. The van der Waals surface area contributed by atoms with Crippen molar-refractivity contribution in [2.45, 2.75) is 50.1 Å². The minimum Gasteiger partial charge on any atom is -0.396 e. The lowest BCUT2D eigenvalue weighted by Crippen LogP contribution is -2.40. The molecule has 1 N–H and O–H groups in total. The summed E-state index contributed by atoms with van der Waals surface area (Å²) >= 11 is 0. The van der Waals surface area contributed by atoms with Crippen molar-refractivity contribution in [3.8, 4) is 0 Å². The lowest BCUT2D eigenvalue weighted by Gasteiger charge is -2.33. The van der Waals surface area contributed by atoms with E-state index < -0.39 is 0 Å². The fraction of sp³-hybridized carbons (Fsp3) is 1.00. The predicted octanol–water partition coefficient (Wildman–Crippen LogP) is 1.68. The van der Waals surface area contributed by atoms with Crippen LogP contribution in [0.15, 0.2) is 0 Å². The van der Waals surface area contributed by atoms with Crippen molar-refractivity contribution in [1.82, 2.24) is 0 Å². The number of hydrogen-bond donors (Lipinski definition) is 1. The molecule has 0 aromatic heterocycles. The molecule has 2 aliphatic carbocycles. The van der Waals surface area contributed by atoms with E-state index in [4.69, 9.17) is 24.1 Å². The van der Waals surface area contributed by atoms with E-state index in [0.717, 1.165) is 38.5 Å². The topological polar surface area (TPSA) is 57.2 Å². The summed E-state index contributed by atoms with van der Waals surface area (Å²) in [5.74, 6) is 0.537. The van der Waals surface area contributed by atoms with Crippen LogP contribution in [0.2, 0.25) is 0 Å². The number of ether oxygens (including phenoxy) is 4. The van der Waals surface area contributed by atoms with Gasteiger partial charge in [0.2, 0.25) is 0 Å². The average molecular weight is 298 g/mol. The van der Waals surface area contributed by atoms with Gasteiger partial charge >= 0.3 is 0 Å². The summed E-state index contributed by atoms with van der Waals surface area (Å²) < 4.78 is 24.3. The van der Waals surface area contributed by atoms with Gasteiger partial charge in [0.25, 0.3) is 0 Å². The van der Waals surface area contributed by atoms with Crippen LogP contribution in [0.1, 0.15) is 38.5 Å². The second-order valence-corrected chi connectivity index (χ2v) is 6.87. The minimum atomic E-state index is -0.382. The first-order valence-corrected chi connectivity index (χ1v) is 8.46. The molecular formula is C16H26O5. The lowest BCUT2D eigenvalue weighted by molar-refractivity contribution is -0.208. The first-order valence-electron chi connectivity index (χ1n) is 8.46. The van der Waals surface area contributed by atoms with Gasteiger partial charge in [-0.05, 0) is 25.2 Å². The van der Waals surface area contributed by atoms with Crippen molar-refractivity contribution in [2.24, 2.45) is 17.8 Å². The Morgan fingerprint density at radius 2 is 1.57 bits per heavy atom. The molecule has 4 rings (SSSR count). The van der Waals surface area contributed by atoms with Gasteiger partial charge in [-0.15, -0.1) is 0 Å². The van der Waals surface area contributed by atoms with Crippen LogP contribution in [0.25, 0.3) is 0 Å². The van der Waals surface area contributed by atoms with E-state index in [1.54, 1.807) is 0 Å². The van der Waals surface area contributed by atoms with Crippen molar-refractivity contribution in [2.75, 3.05) is 33.0 Å². The maximum atomic E-state index is 9.04. The van der Waals surface area contributed by atoms with Crippen LogP contribution in [-0.2, 0) is 18.9 Å². The number of aliphatic hydroxyl groups is 1. The summed E-state index contributed by atoms with van der Waals surface area (Å²) in [7, 11) is 0. The minimum absolute atomic E-state index is 0.275. The SMILES string of the molecule is OCCCC[C@H]1CC2(OCCO2)[C@@H]2CCC3(OCCO3)[C@H]12. The first-order chi connectivity index (χ1) is 10.3. The number of hydrogen-bond acceptors (Lipinski definition) is 5. The smallest absolute Gasteiger partial charge is 0.172 e. The predicted molar refractivity (Wildman–Crippen MR) is 74.5 cm³/mol. The van der Waals surface area contributed by atoms with Gasteiger partial charge in [-0.2, -0.15) is 0 Å². The number of unbranched alkanes of at least 4 members (excludes halogenated alkanes) is 1. The fourth-order valence-corrected chi connectivity index (χ4v) is 5.24. The maximum absolute atomic E-state index is 9.04. The van der Waals surface area contributed by atoms with Crippen molar-refractivity contribution < 1.29 is 24.1 Å². The van der Waals surface area contributed by atoms with E-state index in [9.17, 15) is 0 Å². The van der Waals surface area contributed by atoms with Crippen LogP contribution in [0.3, 0.4) is 0 Å². The summed E-state index contributed by atoms with van der Waals surface area (Å²) in [5.41, 5.74) is 0. The van der Waals surface area contributed by atoms with E-state index in [0.29, 0.717) is 44.2 Å². The highest BCUT2D eigenvalue weighted by Gasteiger charge is 2.67. The molecule has 2 heterocycles. The summed E-state index contributed by atoms with van der Waals surface area (Å²) in [5, 5.41) is 9.04. The zero-order chi connectivity index (χ0) is 14.3. The van der Waals surface area contributed by atoms with Gasteiger partial charge in [-0.3, -0.25) is 0 Å². The summed E-state index contributed by atoms with van der Waals surface area (Å²) in [6, 6.07) is 0. The van der Waals surface area contributed by atoms with Crippen LogP contribution in [0.4, 0.5) is 0 Å². The van der Waals surface area contributed by atoms with E-state index in [1.807, 2.05) is 0 Å². The van der Waals surface area contributed by atoms with Gasteiger partial charge in [0.1, 0.15) is 0 Å². The van der Waals surface area contributed by atoms with Crippen molar-refractivity contribution in [3.63, 3.8) is 0 Å². The Balaban J connectivity index is 1.57. The van der Waals surface area contributed by atoms with E-state index in [-0.39, 0.29) is 18.2 Å². The molecule has 0 amide bonds. The fourth-order valence-electron chi connectivity index (χ4n) is 5.24. The Morgan fingerprint density at radius 1 is 0.905 bits per heavy atom. The highest BCUT2D eigenvalue weighted by molar-refractivity contribution is 5.09. The van der Waals surface area contributed by atoms with Crippen LogP contribution in [0.5, 0.6) is 0 Å². The molecule has 4 aliphatic rings. The van der Waals surface area contributed by atoms with Crippen molar-refractivity contribution >= 4 is 0 Å². The average Bonchev–Trinajstić information content (AvgIpc) is 3.23. The highest BCUT2D eigenvalue weighted by atomic mass is 16.8. The molecule has 0 unspecified atom stereocenters. The quantitative estimate of drug-likeness (QED) is 0.800. The van der Waals surface area contributed by atoms with Crippen LogP contribution >= 0.6 is 0 Å². The van der Waals surface area contributed by atoms with E-state index in [2.05, 4.69) is 0 Å². The van der Waals surface area contributed by atoms with Gasteiger partial charge < -0.3 is 24.1 Å². The molecule has 0 aromatic carbocycles. The van der Waals surface area contributed by atoms with Gasteiger partial charge in [-0.1, -0.05) is 6.42 Å². The Bertz CT molecular complexity index is 363. The Morgan fingerprint density at radius 3 is 2.24 bits per heavy atom. The molecule has 120 valence electrons. The first kappa shape index (κ1) is 14.4. The monoisotopic (exact) mass is 298 g/mol. The molecule has 2 saturated carbocycles. The number of rotatable bonds is 4. The normalized spacial score (nSPS) is 39.6. The summed E-state index contributed by atoms with van der Waals surface area (Å²) in [6.45, 7) is 3.11. The Labute approximate surface area is 125 Å². The van der Waals surface area contributed by atoms with Gasteiger partial charge in [-0.25, -0.2) is 0 Å². The largest absolute Gasteiger partial charge is 0.396 e. The molecule has 0 radical (unpaired) electrons. The third-order valence-corrected chi connectivity index (χ3v) is 5.90. The number of aliphatic hydroxyl groups excluding tert-OH is 1. The molecule has 0 bridgehead atoms. The van der Waals surface area contributed by atoms with Crippen molar-refractivity contribution in [1.29, 1.82) is 0 Å². The van der Waals surface area contributed by atoms with Gasteiger partial charge in [0, 0.05) is 31.3 Å². The Hall–Kier alpha value is -0.200. The highest BCUT2D eigenvalue weighted by Crippen LogP contribution is 2.62. The van der Waals surface area contributed by atoms with E-state index in [1.165, 1.54) is 0 Å². The van der Waals surface area contributed by atoms with Crippen molar-refractivity contribution in [3.05, 3.63) is 0 Å². The van der Waals surface area contributed by atoms with Crippen LogP contribution in [-0.4, -0.2) is 49.7 Å². The maximum Gasteiger partial charge on any atom is 0.172 e. The van der Waals surface area contributed by atoms with E-state index >= 15 is 0 Å². The number of fused-ring (bicyclic) bond motifs is 3. The molecular weight excluding hydrogens is 272 g/mol. The molecule has 4 fully saturated rings. The third-order valence-electron chi connectivity index (χ3n) is 5.90. The van der Waals surface area contributed by atoms with Crippen LogP contribution in [0, 0.1) is 17.8 Å². The standard InChI is InChI=1S/C16H26O5/c17-6-2-1-3-12-11-16(20-9-10-21-16)13-4-5-15(14(12)13)18-7-8-19-15/h12-14,17H,1-11H2/t12-,13+,14+/m0/s1. The Kier molecular flexibility index (Phi) is 3.74. The third kappa shape index (κ3) is 2.17.